The molecule has 1 N–H and O–H groups in total. The largest absolute Gasteiger partial charge is 0.482 e. The van der Waals surface area contributed by atoms with Crippen LogP contribution in [0.15, 0.2) is 42.5 Å². The molecule has 0 aromatic heterocycles. The Morgan fingerprint density at radius 1 is 1.19 bits per heavy atom. The maximum Gasteiger partial charge on any atom is 0.344 e. The molecule has 0 atom stereocenters. The number of non-ortho nitro benzene ring substituents is 1. The molecule has 2 aromatic rings. The van der Waals surface area contributed by atoms with Gasteiger partial charge in [0, 0.05) is 17.2 Å². The van der Waals surface area contributed by atoms with Gasteiger partial charge in [0.25, 0.3) is 11.6 Å². The average Bonchev–Trinajstić information content (AvgIpc) is 2.60. The summed E-state index contributed by atoms with van der Waals surface area (Å²) >= 11 is 5.76. The summed E-state index contributed by atoms with van der Waals surface area (Å²) in [5, 5.41) is 13.2. The summed E-state index contributed by atoms with van der Waals surface area (Å²) in [4.78, 5) is 33.2. The molecule has 0 heterocycles. The van der Waals surface area contributed by atoms with Crippen molar-refractivity contribution < 1.29 is 28.4 Å². The zero-order chi connectivity index (χ0) is 19.1. The number of amides is 1. The fraction of sp³-hybridized carbons (Fsp3) is 0.125. The van der Waals surface area contributed by atoms with Gasteiger partial charge in [-0.1, -0.05) is 17.7 Å². The summed E-state index contributed by atoms with van der Waals surface area (Å²) in [6.45, 7) is -1.17. The Labute approximate surface area is 151 Å². The Bertz CT molecular complexity index is 845. The van der Waals surface area contributed by atoms with Crippen LogP contribution in [-0.2, 0) is 14.3 Å². The predicted molar refractivity (Wildman–Crippen MR) is 89.6 cm³/mol. The Hall–Kier alpha value is -3.20. The Morgan fingerprint density at radius 2 is 1.96 bits per heavy atom. The number of carbonyl (C=O) groups excluding carboxylic acids is 2. The standard InChI is InChI=1S/C16H12ClFN2O6/c17-10-2-1-3-12(6-10)25-9-16(22)26-8-15(21)19-14-7-11(20(23)24)4-5-13(14)18/h1-7H,8-9H2,(H,19,21). The van der Waals surface area contributed by atoms with E-state index in [2.05, 4.69) is 10.1 Å². The van der Waals surface area contributed by atoms with Gasteiger partial charge < -0.3 is 14.8 Å². The van der Waals surface area contributed by atoms with Crippen molar-refractivity contribution in [2.75, 3.05) is 18.5 Å². The first-order chi connectivity index (χ1) is 12.3. The SMILES string of the molecule is O=C(COC(=O)COc1cccc(Cl)c1)Nc1cc([N+](=O)[O-])ccc1F. The summed E-state index contributed by atoms with van der Waals surface area (Å²) in [5.41, 5.74) is -0.788. The molecular formula is C16H12ClFN2O6. The van der Waals surface area contributed by atoms with E-state index in [0.29, 0.717) is 10.8 Å². The first kappa shape index (κ1) is 19.1. The van der Waals surface area contributed by atoms with E-state index in [1.807, 2.05) is 0 Å². The minimum atomic E-state index is -0.862. The van der Waals surface area contributed by atoms with Crippen molar-refractivity contribution in [2.24, 2.45) is 0 Å². The third-order valence-electron chi connectivity index (χ3n) is 2.95. The number of nitro groups is 1. The fourth-order valence-electron chi connectivity index (χ4n) is 1.80. The number of anilines is 1. The topological polar surface area (TPSA) is 108 Å². The van der Waals surface area contributed by atoms with Crippen LogP contribution >= 0.6 is 11.6 Å². The quantitative estimate of drug-likeness (QED) is 0.448. The van der Waals surface area contributed by atoms with Crippen LogP contribution in [0.3, 0.4) is 0 Å². The van der Waals surface area contributed by atoms with E-state index in [1.54, 1.807) is 18.2 Å². The summed E-state index contributed by atoms with van der Waals surface area (Å²) in [5.74, 6) is -2.21. The van der Waals surface area contributed by atoms with Crippen LogP contribution in [0.25, 0.3) is 0 Å². The van der Waals surface area contributed by atoms with Gasteiger partial charge in [-0.05, 0) is 24.3 Å². The van der Waals surface area contributed by atoms with Crippen LogP contribution < -0.4 is 10.1 Å². The molecule has 8 nitrogen and oxygen atoms in total. The van der Waals surface area contributed by atoms with Crippen molar-refractivity contribution in [1.82, 2.24) is 0 Å². The fourth-order valence-corrected chi connectivity index (χ4v) is 1.98. The lowest BCUT2D eigenvalue weighted by molar-refractivity contribution is -0.384. The van der Waals surface area contributed by atoms with Crippen LogP contribution in [-0.4, -0.2) is 30.0 Å². The maximum atomic E-state index is 13.6. The Kier molecular flexibility index (Phi) is 6.45. The highest BCUT2D eigenvalue weighted by Crippen LogP contribution is 2.21. The predicted octanol–water partition coefficient (Wildman–Crippen LogP) is 2.95. The molecule has 136 valence electrons. The van der Waals surface area contributed by atoms with E-state index < -0.39 is 47.2 Å². The molecule has 0 radical (unpaired) electrons. The summed E-state index contributed by atoms with van der Waals surface area (Å²) in [6, 6.07) is 8.99. The number of rotatable bonds is 7. The molecule has 0 saturated carbocycles. The van der Waals surface area contributed by atoms with E-state index in [9.17, 15) is 24.1 Å². The lowest BCUT2D eigenvalue weighted by Crippen LogP contribution is -2.24. The maximum absolute atomic E-state index is 13.6. The molecule has 0 spiro atoms. The lowest BCUT2D eigenvalue weighted by Gasteiger charge is -2.08. The van der Waals surface area contributed by atoms with Gasteiger partial charge in [-0.25, -0.2) is 9.18 Å². The second-order valence-corrected chi connectivity index (χ2v) is 5.31. The molecular weight excluding hydrogens is 371 g/mol. The van der Waals surface area contributed by atoms with Crippen LogP contribution in [0.1, 0.15) is 0 Å². The van der Waals surface area contributed by atoms with Crippen molar-refractivity contribution in [3.05, 3.63) is 63.4 Å². The number of hydrogen-bond donors (Lipinski definition) is 1. The highest BCUT2D eigenvalue weighted by molar-refractivity contribution is 6.30. The van der Waals surface area contributed by atoms with Gasteiger partial charge >= 0.3 is 5.97 Å². The molecule has 2 rings (SSSR count). The molecule has 0 aliphatic carbocycles. The molecule has 0 fully saturated rings. The van der Waals surface area contributed by atoms with Crippen LogP contribution in [0, 0.1) is 15.9 Å². The van der Waals surface area contributed by atoms with Gasteiger partial charge in [0.15, 0.2) is 13.2 Å². The van der Waals surface area contributed by atoms with Crippen molar-refractivity contribution in [3.63, 3.8) is 0 Å². The van der Waals surface area contributed by atoms with E-state index in [4.69, 9.17) is 16.3 Å². The third-order valence-corrected chi connectivity index (χ3v) is 3.19. The number of benzene rings is 2. The van der Waals surface area contributed by atoms with E-state index in [1.165, 1.54) is 6.07 Å². The van der Waals surface area contributed by atoms with E-state index >= 15 is 0 Å². The van der Waals surface area contributed by atoms with Crippen molar-refractivity contribution in [2.45, 2.75) is 0 Å². The summed E-state index contributed by atoms with van der Waals surface area (Å²) in [7, 11) is 0. The second kappa shape index (κ2) is 8.77. The number of ether oxygens (including phenoxy) is 2. The minimum Gasteiger partial charge on any atom is -0.482 e. The second-order valence-electron chi connectivity index (χ2n) is 4.88. The molecule has 1 amide bonds. The Morgan fingerprint density at radius 3 is 2.65 bits per heavy atom. The molecule has 0 saturated heterocycles. The van der Waals surface area contributed by atoms with Gasteiger partial charge in [0.1, 0.15) is 11.6 Å². The highest BCUT2D eigenvalue weighted by Gasteiger charge is 2.14. The number of carbonyl (C=O) groups is 2. The van der Waals surface area contributed by atoms with Crippen molar-refractivity contribution >= 4 is 34.9 Å². The average molecular weight is 383 g/mol. The normalized spacial score (nSPS) is 10.1. The number of nitrogens with one attached hydrogen (secondary N) is 1. The van der Waals surface area contributed by atoms with E-state index in [0.717, 1.165) is 18.2 Å². The Balaban J connectivity index is 1.82. The van der Waals surface area contributed by atoms with Gasteiger partial charge in [-0.3, -0.25) is 14.9 Å². The molecule has 0 aliphatic heterocycles. The van der Waals surface area contributed by atoms with Gasteiger partial charge in [0.2, 0.25) is 0 Å². The number of nitrogens with zero attached hydrogens (tertiary/aromatic N) is 1. The molecule has 0 bridgehead atoms. The number of hydrogen-bond acceptors (Lipinski definition) is 6. The zero-order valence-corrected chi connectivity index (χ0v) is 13.9. The molecule has 10 heteroatoms. The van der Waals surface area contributed by atoms with Crippen molar-refractivity contribution in [3.8, 4) is 5.75 Å². The summed E-state index contributed by atoms with van der Waals surface area (Å²) in [6.07, 6.45) is 0. The first-order valence-corrected chi connectivity index (χ1v) is 7.51. The minimum absolute atomic E-state index is 0.345. The lowest BCUT2D eigenvalue weighted by atomic mass is 10.2. The van der Waals surface area contributed by atoms with E-state index in [-0.39, 0.29) is 0 Å². The van der Waals surface area contributed by atoms with Crippen LogP contribution in [0.4, 0.5) is 15.8 Å². The smallest absolute Gasteiger partial charge is 0.344 e. The first-order valence-electron chi connectivity index (χ1n) is 7.13. The third kappa shape index (κ3) is 5.71. The molecule has 0 unspecified atom stereocenters. The number of esters is 1. The monoisotopic (exact) mass is 382 g/mol. The molecule has 26 heavy (non-hydrogen) atoms. The van der Waals surface area contributed by atoms with Gasteiger partial charge in [-0.15, -0.1) is 0 Å². The van der Waals surface area contributed by atoms with Crippen molar-refractivity contribution in [1.29, 1.82) is 0 Å². The summed E-state index contributed by atoms with van der Waals surface area (Å²) < 4.78 is 23.4. The number of halogens is 2. The molecule has 0 aliphatic rings. The van der Waals surface area contributed by atoms with Gasteiger partial charge in [0.05, 0.1) is 10.6 Å². The van der Waals surface area contributed by atoms with Crippen LogP contribution in [0.5, 0.6) is 5.75 Å². The highest BCUT2D eigenvalue weighted by atomic mass is 35.5. The molecule has 2 aromatic carbocycles. The van der Waals surface area contributed by atoms with Gasteiger partial charge in [-0.2, -0.15) is 0 Å². The zero-order valence-electron chi connectivity index (χ0n) is 13.1. The number of nitro benzene ring substituents is 1. The van der Waals surface area contributed by atoms with Crippen LogP contribution in [0.2, 0.25) is 5.02 Å².